The van der Waals surface area contributed by atoms with E-state index in [2.05, 4.69) is 16.9 Å². The molecule has 1 saturated heterocycles. The molecule has 1 amide bonds. The number of fused-ring (bicyclic) bond motifs is 2. The summed E-state index contributed by atoms with van der Waals surface area (Å²) < 4.78 is 8.63. The number of aromatic nitrogens is 3. The van der Waals surface area contributed by atoms with E-state index >= 15 is 0 Å². The summed E-state index contributed by atoms with van der Waals surface area (Å²) in [6.45, 7) is 5.20. The summed E-state index contributed by atoms with van der Waals surface area (Å²) in [4.78, 5) is 30.3. The topological polar surface area (TPSA) is 103 Å². The van der Waals surface area contributed by atoms with Crippen LogP contribution in [0.5, 0.6) is 0 Å². The predicted molar refractivity (Wildman–Crippen MR) is 105 cm³/mol. The molecule has 0 saturated carbocycles. The van der Waals surface area contributed by atoms with E-state index < -0.39 is 0 Å². The maximum Gasteiger partial charge on any atom is 0.278 e. The Balaban J connectivity index is 1.84. The van der Waals surface area contributed by atoms with Crippen LogP contribution < -0.4 is 21.2 Å². The number of pyridine rings is 2. The van der Waals surface area contributed by atoms with E-state index in [1.807, 2.05) is 6.07 Å². The Hall–Kier alpha value is -3.26. The minimum absolute atomic E-state index is 0.0159. The van der Waals surface area contributed by atoms with Gasteiger partial charge in [-0.15, -0.1) is 0 Å². The molecular formula is C20H22N5O3+. The first-order valence-electron chi connectivity index (χ1n) is 9.24. The van der Waals surface area contributed by atoms with Gasteiger partial charge in [-0.25, -0.2) is 4.57 Å². The van der Waals surface area contributed by atoms with Crippen molar-refractivity contribution in [2.45, 2.75) is 25.5 Å². The second-order valence-corrected chi connectivity index (χ2v) is 6.77. The summed E-state index contributed by atoms with van der Waals surface area (Å²) in [7, 11) is 0. The summed E-state index contributed by atoms with van der Waals surface area (Å²) >= 11 is 0. The Morgan fingerprint density at radius 3 is 3.11 bits per heavy atom. The highest BCUT2D eigenvalue weighted by molar-refractivity contribution is 6.00. The standard InChI is InChI=1S/C20H21N5O3/c1-2-8-25-17(21)14(19(26)22-12-13-6-5-10-28-13)11-15-18(25)23-16-7-3-4-9-24(16)20(15)27/h2-4,7,9,11,13,21H,1,5-6,8,10,12H2,(H,22,26)/p+1/t13-/m0/s1. The molecule has 4 rings (SSSR count). The Bertz CT molecular complexity index is 1130. The lowest BCUT2D eigenvalue weighted by atomic mass is 10.1. The normalized spacial score (nSPS) is 16.5. The first-order chi connectivity index (χ1) is 13.6. The van der Waals surface area contributed by atoms with Crippen LogP contribution in [0, 0.1) is 0 Å². The Labute approximate surface area is 161 Å². The Kier molecular flexibility index (Phi) is 4.79. The van der Waals surface area contributed by atoms with Gasteiger partial charge >= 0.3 is 0 Å². The van der Waals surface area contributed by atoms with E-state index in [9.17, 15) is 9.59 Å². The van der Waals surface area contributed by atoms with Crippen molar-refractivity contribution in [3.05, 3.63) is 59.0 Å². The number of nitrogens with zero attached hydrogens (tertiary/aromatic N) is 3. The molecule has 0 bridgehead atoms. The van der Waals surface area contributed by atoms with Crippen LogP contribution in [0.15, 0.2) is 47.9 Å². The van der Waals surface area contributed by atoms with Crippen molar-refractivity contribution in [3.63, 3.8) is 0 Å². The number of amides is 1. The molecule has 0 radical (unpaired) electrons. The monoisotopic (exact) mass is 380 g/mol. The zero-order chi connectivity index (χ0) is 19.7. The summed E-state index contributed by atoms with van der Waals surface area (Å²) in [6.07, 6.45) is 5.23. The van der Waals surface area contributed by atoms with E-state index in [1.54, 1.807) is 29.0 Å². The molecule has 1 fully saturated rings. The third kappa shape index (κ3) is 3.11. The van der Waals surface area contributed by atoms with Crippen molar-refractivity contribution in [1.82, 2.24) is 14.7 Å². The van der Waals surface area contributed by atoms with Crippen molar-refractivity contribution >= 4 is 28.4 Å². The summed E-state index contributed by atoms with van der Waals surface area (Å²) in [6, 6.07) is 6.83. The number of hydrogen-bond acceptors (Lipinski definition) is 5. The lowest BCUT2D eigenvalue weighted by Gasteiger charge is -2.13. The number of nitrogens with one attached hydrogen (secondary N) is 1. The highest BCUT2D eigenvalue weighted by Gasteiger charge is 2.24. The van der Waals surface area contributed by atoms with Gasteiger partial charge in [0.1, 0.15) is 10.9 Å². The summed E-state index contributed by atoms with van der Waals surface area (Å²) in [5.41, 5.74) is 7.20. The van der Waals surface area contributed by atoms with Gasteiger partial charge in [0, 0.05) is 19.3 Å². The van der Waals surface area contributed by atoms with E-state index in [0.717, 1.165) is 12.8 Å². The second-order valence-electron chi connectivity index (χ2n) is 6.77. The van der Waals surface area contributed by atoms with Gasteiger partial charge in [0.2, 0.25) is 11.5 Å². The molecule has 0 aliphatic carbocycles. The van der Waals surface area contributed by atoms with Gasteiger partial charge in [0.25, 0.3) is 17.1 Å². The van der Waals surface area contributed by atoms with Gasteiger partial charge in [0.05, 0.1) is 12.6 Å². The molecule has 4 heterocycles. The van der Waals surface area contributed by atoms with Gasteiger partial charge in [-0.1, -0.05) is 23.7 Å². The quantitative estimate of drug-likeness (QED) is 0.387. The van der Waals surface area contributed by atoms with Gasteiger partial charge in [-0.3, -0.25) is 14.0 Å². The maximum absolute atomic E-state index is 13.0. The molecule has 0 aromatic carbocycles. The minimum atomic E-state index is -0.342. The van der Waals surface area contributed by atoms with Crippen molar-refractivity contribution in [3.8, 4) is 0 Å². The fourth-order valence-corrected chi connectivity index (χ4v) is 3.50. The predicted octanol–water partition coefficient (Wildman–Crippen LogP) is 0.812. The van der Waals surface area contributed by atoms with Crippen LogP contribution in [0.1, 0.15) is 23.2 Å². The third-order valence-corrected chi connectivity index (χ3v) is 4.93. The van der Waals surface area contributed by atoms with Crippen molar-refractivity contribution in [2.75, 3.05) is 18.9 Å². The SMILES string of the molecule is C=CC[n+]1c(N)c(C(=O)NC[C@@H]2CCCO2)cc2c(=O)n3ccccc3nc21. The van der Waals surface area contributed by atoms with Crippen LogP contribution in [0.4, 0.5) is 5.82 Å². The first-order valence-corrected chi connectivity index (χ1v) is 9.24. The number of ether oxygens (including phenoxy) is 1. The Morgan fingerprint density at radius 2 is 2.36 bits per heavy atom. The number of carbonyl (C=O) groups excluding carboxylic acids is 1. The largest absolute Gasteiger partial charge is 0.376 e. The van der Waals surface area contributed by atoms with Crippen LogP contribution >= 0.6 is 0 Å². The molecule has 28 heavy (non-hydrogen) atoms. The molecule has 8 nitrogen and oxygen atoms in total. The smallest absolute Gasteiger partial charge is 0.278 e. The zero-order valence-electron chi connectivity index (χ0n) is 15.4. The summed E-state index contributed by atoms with van der Waals surface area (Å²) in [5, 5.41) is 3.18. The molecular weight excluding hydrogens is 358 g/mol. The number of anilines is 1. The molecule has 3 aromatic rings. The number of rotatable bonds is 5. The lowest BCUT2D eigenvalue weighted by Crippen LogP contribution is -2.42. The van der Waals surface area contributed by atoms with E-state index in [4.69, 9.17) is 10.5 Å². The van der Waals surface area contributed by atoms with E-state index in [0.29, 0.717) is 36.4 Å². The highest BCUT2D eigenvalue weighted by Crippen LogP contribution is 2.15. The number of hydrogen-bond donors (Lipinski definition) is 2. The van der Waals surface area contributed by atoms with Gasteiger partial charge < -0.3 is 15.8 Å². The fraction of sp³-hybridized carbons (Fsp3) is 0.300. The molecule has 0 spiro atoms. The fourth-order valence-electron chi connectivity index (χ4n) is 3.50. The average molecular weight is 380 g/mol. The zero-order valence-corrected chi connectivity index (χ0v) is 15.4. The second kappa shape index (κ2) is 7.40. The van der Waals surface area contributed by atoms with Gasteiger partial charge in [-0.2, -0.15) is 0 Å². The summed E-state index contributed by atoms with van der Waals surface area (Å²) in [5.74, 6) is -0.102. The minimum Gasteiger partial charge on any atom is -0.376 e. The van der Waals surface area contributed by atoms with Crippen LogP contribution in [0.3, 0.4) is 0 Å². The Morgan fingerprint density at radius 1 is 1.50 bits per heavy atom. The third-order valence-electron chi connectivity index (χ3n) is 4.93. The van der Waals surface area contributed by atoms with Crippen LogP contribution in [0.2, 0.25) is 0 Å². The van der Waals surface area contributed by atoms with Crippen LogP contribution in [-0.2, 0) is 11.3 Å². The number of carbonyl (C=O) groups is 1. The highest BCUT2D eigenvalue weighted by atomic mass is 16.5. The van der Waals surface area contributed by atoms with Crippen LogP contribution in [-0.4, -0.2) is 34.5 Å². The van der Waals surface area contributed by atoms with Crippen LogP contribution in [0.25, 0.3) is 16.7 Å². The number of allylic oxidation sites excluding steroid dienone is 1. The molecule has 1 aliphatic rings. The molecule has 144 valence electrons. The average Bonchev–Trinajstić information content (AvgIpc) is 3.22. The van der Waals surface area contributed by atoms with Crippen molar-refractivity contribution < 1.29 is 14.1 Å². The van der Waals surface area contributed by atoms with E-state index in [1.165, 1.54) is 10.5 Å². The molecule has 1 aliphatic heterocycles. The van der Waals surface area contributed by atoms with E-state index in [-0.39, 0.29) is 29.0 Å². The molecule has 3 aromatic heterocycles. The van der Waals surface area contributed by atoms with Crippen molar-refractivity contribution in [2.24, 2.45) is 0 Å². The number of nitrogens with two attached hydrogens (primary N) is 1. The lowest BCUT2D eigenvalue weighted by molar-refractivity contribution is -0.648. The van der Waals surface area contributed by atoms with Gasteiger partial charge in [0.15, 0.2) is 0 Å². The first kappa shape index (κ1) is 18.1. The molecule has 8 heteroatoms. The molecule has 0 unspecified atom stereocenters. The maximum atomic E-state index is 13.0. The van der Waals surface area contributed by atoms with Gasteiger partial charge in [-0.05, 0) is 31.0 Å². The molecule has 1 atom stereocenters. The number of nitrogen functional groups attached to an aromatic ring is 1. The van der Waals surface area contributed by atoms with Crippen molar-refractivity contribution in [1.29, 1.82) is 0 Å². The molecule has 3 N–H and O–H groups in total.